The van der Waals surface area contributed by atoms with Crippen molar-refractivity contribution in [3.63, 3.8) is 0 Å². The van der Waals surface area contributed by atoms with Gasteiger partial charge in [-0.25, -0.2) is 4.79 Å². The quantitative estimate of drug-likeness (QED) is 0.277. The van der Waals surface area contributed by atoms with Crippen molar-refractivity contribution in [1.82, 2.24) is 0 Å². The number of benzene rings is 4. The van der Waals surface area contributed by atoms with Gasteiger partial charge in [0.25, 0.3) is 0 Å². The third kappa shape index (κ3) is 6.50. The first kappa shape index (κ1) is 26.7. The first-order valence-corrected chi connectivity index (χ1v) is 14.1. The molecule has 4 aromatic carbocycles. The number of rotatable bonds is 8. The minimum absolute atomic E-state index is 0.0435. The smallest absolute Gasteiger partial charge is 0.339 e. The van der Waals surface area contributed by atoms with Gasteiger partial charge in [0.2, 0.25) is 0 Å². The van der Waals surface area contributed by atoms with Gasteiger partial charge in [-0.1, -0.05) is 48.5 Å². The topological polar surface area (TPSA) is 128 Å². The SMILES string of the molecule is Cc1ccc(NC(=O)Nc2ccc(C)cc2OS(=O)(=O)c2ccccc2)c(OS(=O)(=O)c2ccccc2)c1. The van der Waals surface area contributed by atoms with Gasteiger partial charge < -0.3 is 19.0 Å². The van der Waals surface area contributed by atoms with Crippen LogP contribution >= 0.6 is 0 Å². The zero-order chi connectivity index (χ0) is 27.3. The molecule has 0 heterocycles. The van der Waals surface area contributed by atoms with E-state index in [1.807, 2.05) is 0 Å². The van der Waals surface area contributed by atoms with E-state index in [1.165, 1.54) is 48.5 Å². The van der Waals surface area contributed by atoms with Gasteiger partial charge in [-0.2, -0.15) is 16.8 Å². The number of aryl methyl sites for hydroxylation is 2. The van der Waals surface area contributed by atoms with Crippen molar-refractivity contribution in [1.29, 1.82) is 0 Å². The lowest BCUT2D eigenvalue weighted by atomic mass is 10.2. The van der Waals surface area contributed by atoms with Crippen LogP contribution in [0, 0.1) is 13.8 Å². The molecule has 0 atom stereocenters. The highest BCUT2D eigenvalue weighted by atomic mass is 32.2. The molecule has 0 fully saturated rings. The van der Waals surface area contributed by atoms with E-state index in [9.17, 15) is 21.6 Å². The van der Waals surface area contributed by atoms with Crippen LogP contribution < -0.4 is 19.0 Å². The van der Waals surface area contributed by atoms with E-state index in [1.54, 1.807) is 62.4 Å². The number of nitrogens with one attached hydrogen (secondary N) is 2. The summed E-state index contributed by atoms with van der Waals surface area (Å²) < 4.78 is 61.6. The Morgan fingerprint density at radius 1 is 0.579 bits per heavy atom. The van der Waals surface area contributed by atoms with Crippen LogP contribution in [0.5, 0.6) is 11.5 Å². The molecule has 0 aliphatic heterocycles. The first-order valence-electron chi connectivity index (χ1n) is 11.3. The molecular weight excluding hydrogens is 528 g/mol. The minimum atomic E-state index is -4.16. The molecule has 9 nitrogen and oxygen atoms in total. The molecule has 0 aliphatic carbocycles. The van der Waals surface area contributed by atoms with Crippen LogP contribution in [-0.4, -0.2) is 22.9 Å². The summed E-state index contributed by atoms with van der Waals surface area (Å²) in [5.74, 6) is -0.174. The second-order valence-electron chi connectivity index (χ2n) is 8.28. The fraction of sp³-hybridized carbons (Fsp3) is 0.0741. The Hall–Kier alpha value is -4.35. The maximum Gasteiger partial charge on any atom is 0.339 e. The molecule has 196 valence electrons. The van der Waals surface area contributed by atoms with Gasteiger partial charge in [0.1, 0.15) is 9.79 Å². The summed E-state index contributed by atoms with van der Waals surface area (Å²) in [6, 6.07) is 23.7. The normalized spacial score (nSPS) is 11.4. The average molecular weight is 553 g/mol. The van der Waals surface area contributed by atoms with Crippen molar-refractivity contribution in [2.24, 2.45) is 0 Å². The summed E-state index contributed by atoms with van der Waals surface area (Å²) >= 11 is 0. The van der Waals surface area contributed by atoms with E-state index in [0.717, 1.165) is 0 Å². The maximum absolute atomic E-state index is 12.9. The van der Waals surface area contributed by atoms with Gasteiger partial charge in [-0.05, 0) is 73.5 Å². The molecule has 2 N–H and O–H groups in total. The molecule has 2 amide bonds. The Morgan fingerprint density at radius 3 is 1.32 bits per heavy atom. The fourth-order valence-corrected chi connectivity index (χ4v) is 5.31. The highest BCUT2D eigenvalue weighted by Crippen LogP contribution is 2.31. The predicted octanol–water partition coefficient (Wildman–Crippen LogP) is 5.48. The van der Waals surface area contributed by atoms with Crippen molar-refractivity contribution in [2.45, 2.75) is 23.6 Å². The van der Waals surface area contributed by atoms with Crippen LogP contribution in [0.15, 0.2) is 107 Å². The number of hydrogen-bond donors (Lipinski definition) is 2. The standard InChI is InChI=1S/C27H24N2O7S2/c1-19-13-15-23(25(17-19)35-37(31,32)21-9-5-3-6-10-21)28-27(30)29-24-16-14-20(2)18-26(24)36-38(33,34)22-11-7-4-8-12-22/h3-18H,1-2H3,(H2,28,29,30). The van der Waals surface area contributed by atoms with Crippen LogP contribution in [0.1, 0.15) is 11.1 Å². The summed E-state index contributed by atoms with van der Waals surface area (Å²) in [4.78, 5) is 12.8. The third-order valence-electron chi connectivity index (χ3n) is 5.23. The van der Waals surface area contributed by atoms with Gasteiger partial charge in [0.15, 0.2) is 11.5 Å². The summed E-state index contributed by atoms with van der Waals surface area (Å²) in [6.45, 7) is 3.49. The number of carbonyl (C=O) groups is 1. The van der Waals surface area contributed by atoms with Crippen LogP contribution in [0.2, 0.25) is 0 Å². The third-order valence-corrected chi connectivity index (χ3v) is 7.73. The zero-order valence-corrected chi connectivity index (χ0v) is 22.0. The summed E-state index contributed by atoms with van der Waals surface area (Å²) in [6.07, 6.45) is 0. The number of urea groups is 1. The Bertz CT molecular complexity index is 1550. The Labute approximate surface area is 221 Å². The predicted molar refractivity (Wildman–Crippen MR) is 144 cm³/mol. The van der Waals surface area contributed by atoms with E-state index in [4.69, 9.17) is 8.37 Å². The molecule has 38 heavy (non-hydrogen) atoms. The van der Waals surface area contributed by atoms with Gasteiger partial charge in [0, 0.05) is 0 Å². The molecule has 0 aliphatic rings. The Morgan fingerprint density at radius 2 is 0.947 bits per heavy atom. The lowest BCUT2D eigenvalue weighted by Crippen LogP contribution is -2.21. The Kier molecular flexibility index (Phi) is 7.70. The molecule has 0 saturated heterocycles. The van der Waals surface area contributed by atoms with Crippen molar-refractivity contribution in [2.75, 3.05) is 10.6 Å². The summed E-state index contributed by atoms with van der Waals surface area (Å²) in [5.41, 5.74) is 1.57. The Balaban J connectivity index is 1.56. The van der Waals surface area contributed by atoms with Gasteiger partial charge in [-0.3, -0.25) is 0 Å². The van der Waals surface area contributed by atoms with Crippen LogP contribution in [-0.2, 0) is 20.2 Å². The van der Waals surface area contributed by atoms with Gasteiger partial charge >= 0.3 is 26.3 Å². The lowest BCUT2D eigenvalue weighted by Gasteiger charge is -2.16. The maximum atomic E-state index is 12.9. The summed E-state index contributed by atoms with van der Waals surface area (Å²) in [7, 11) is -8.33. The van der Waals surface area contributed by atoms with E-state index in [2.05, 4.69) is 10.6 Å². The molecule has 0 unspecified atom stereocenters. The molecule has 0 radical (unpaired) electrons. The average Bonchev–Trinajstić information content (AvgIpc) is 2.88. The van der Waals surface area contributed by atoms with E-state index in [-0.39, 0.29) is 32.7 Å². The van der Waals surface area contributed by atoms with Crippen molar-refractivity contribution >= 4 is 37.6 Å². The highest BCUT2D eigenvalue weighted by Gasteiger charge is 2.21. The number of hydrogen-bond acceptors (Lipinski definition) is 7. The molecular formula is C27H24N2O7S2. The molecule has 4 aromatic rings. The summed E-state index contributed by atoms with van der Waals surface area (Å²) in [5, 5.41) is 5.10. The van der Waals surface area contributed by atoms with Crippen LogP contribution in [0.4, 0.5) is 16.2 Å². The van der Waals surface area contributed by atoms with Crippen molar-refractivity contribution in [3.8, 4) is 11.5 Å². The zero-order valence-electron chi connectivity index (χ0n) is 20.4. The lowest BCUT2D eigenvalue weighted by molar-refractivity contribution is 0.262. The number of amides is 2. The van der Waals surface area contributed by atoms with Crippen molar-refractivity contribution in [3.05, 3.63) is 108 Å². The van der Waals surface area contributed by atoms with E-state index < -0.39 is 26.3 Å². The molecule has 0 spiro atoms. The number of carbonyl (C=O) groups excluding carboxylic acids is 1. The largest absolute Gasteiger partial charge is 0.377 e. The second-order valence-corrected chi connectivity index (χ2v) is 11.4. The fourth-order valence-electron chi connectivity index (χ4n) is 3.39. The van der Waals surface area contributed by atoms with Gasteiger partial charge in [0.05, 0.1) is 11.4 Å². The highest BCUT2D eigenvalue weighted by molar-refractivity contribution is 7.87. The van der Waals surface area contributed by atoms with Gasteiger partial charge in [-0.15, -0.1) is 0 Å². The van der Waals surface area contributed by atoms with E-state index >= 15 is 0 Å². The molecule has 11 heteroatoms. The first-order chi connectivity index (χ1) is 18.0. The van der Waals surface area contributed by atoms with E-state index in [0.29, 0.717) is 11.1 Å². The molecule has 0 saturated carbocycles. The van der Waals surface area contributed by atoms with Crippen molar-refractivity contribution < 1.29 is 30.0 Å². The monoisotopic (exact) mass is 552 g/mol. The molecule has 4 rings (SSSR count). The minimum Gasteiger partial charge on any atom is -0.377 e. The second kappa shape index (κ2) is 11.0. The van der Waals surface area contributed by atoms with Crippen LogP contribution in [0.25, 0.3) is 0 Å². The van der Waals surface area contributed by atoms with Crippen LogP contribution in [0.3, 0.4) is 0 Å². The molecule has 0 bridgehead atoms. The molecule has 0 aromatic heterocycles. The number of anilines is 2.